The highest BCUT2D eigenvalue weighted by Gasteiger charge is 2.30. The molecular weight excluding hydrogens is 268 g/mol. The SMILES string of the molecule is CCC(CC)NC(=O)C(C)N(CC(N)=O)C1CCNCC1. The first-order valence-corrected chi connectivity index (χ1v) is 8.04. The number of carbonyl (C=O) groups excluding carboxylic acids is 2. The third-order valence-electron chi connectivity index (χ3n) is 4.32. The highest BCUT2D eigenvalue weighted by molar-refractivity contribution is 5.83. The van der Waals surface area contributed by atoms with E-state index in [1.807, 2.05) is 11.8 Å². The van der Waals surface area contributed by atoms with Gasteiger partial charge in [0.1, 0.15) is 0 Å². The van der Waals surface area contributed by atoms with Crippen LogP contribution in [-0.2, 0) is 9.59 Å². The average Bonchev–Trinajstić information content (AvgIpc) is 2.50. The van der Waals surface area contributed by atoms with Gasteiger partial charge in [0.15, 0.2) is 0 Å². The predicted octanol–water partition coefficient (Wildman–Crippen LogP) is 0.219. The predicted molar refractivity (Wildman–Crippen MR) is 83.8 cm³/mol. The van der Waals surface area contributed by atoms with Crippen LogP contribution in [0.1, 0.15) is 46.5 Å². The van der Waals surface area contributed by atoms with E-state index in [0.29, 0.717) is 0 Å². The van der Waals surface area contributed by atoms with Gasteiger partial charge in [-0.2, -0.15) is 0 Å². The lowest BCUT2D eigenvalue weighted by Gasteiger charge is -2.37. The molecule has 0 saturated carbocycles. The Hall–Kier alpha value is -1.14. The van der Waals surface area contributed by atoms with Crippen molar-refractivity contribution in [3.05, 3.63) is 0 Å². The molecule has 1 fully saturated rings. The molecular formula is C15H30N4O2. The maximum Gasteiger partial charge on any atom is 0.237 e. The minimum Gasteiger partial charge on any atom is -0.369 e. The van der Waals surface area contributed by atoms with E-state index < -0.39 is 0 Å². The number of hydrogen-bond donors (Lipinski definition) is 3. The van der Waals surface area contributed by atoms with E-state index in [9.17, 15) is 9.59 Å². The second-order valence-electron chi connectivity index (χ2n) is 5.82. The highest BCUT2D eigenvalue weighted by atomic mass is 16.2. The van der Waals surface area contributed by atoms with Crippen molar-refractivity contribution < 1.29 is 9.59 Å². The van der Waals surface area contributed by atoms with Gasteiger partial charge in [0, 0.05) is 12.1 Å². The summed E-state index contributed by atoms with van der Waals surface area (Å²) in [5.41, 5.74) is 5.36. The maximum atomic E-state index is 12.4. The highest BCUT2D eigenvalue weighted by Crippen LogP contribution is 2.15. The first-order chi connectivity index (χ1) is 9.99. The zero-order chi connectivity index (χ0) is 15.8. The van der Waals surface area contributed by atoms with Gasteiger partial charge in [0.25, 0.3) is 0 Å². The summed E-state index contributed by atoms with van der Waals surface area (Å²) in [5.74, 6) is -0.390. The first-order valence-electron chi connectivity index (χ1n) is 8.04. The Bertz CT molecular complexity index is 339. The smallest absolute Gasteiger partial charge is 0.237 e. The number of carbonyl (C=O) groups is 2. The van der Waals surface area contributed by atoms with Crippen LogP contribution >= 0.6 is 0 Å². The summed E-state index contributed by atoms with van der Waals surface area (Å²) >= 11 is 0. The fraction of sp³-hybridized carbons (Fsp3) is 0.867. The average molecular weight is 298 g/mol. The van der Waals surface area contributed by atoms with Gasteiger partial charge in [0.2, 0.25) is 11.8 Å². The van der Waals surface area contributed by atoms with E-state index in [0.717, 1.165) is 38.8 Å². The summed E-state index contributed by atoms with van der Waals surface area (Å²) in [6, 6.07) is 0.103. The summed E-state index contributed by atoms with van der Waals surface area (Å²) in [6.45, 7) is 7.96. The lowest BCUT2D eigenvalue weighted by Crippen LogP contribution is -2.55. The zero-order valence-corrected chi connectivity index (χ0v) is 13.5. The van der Waals surface area contributed by atoms with Crippen molar-refractivity contribution in [2.45, 2.75) is 64.6 Å². The van der Waals surface area contributed by atoms with Crippen molar-refractivity contribution in [1.82, 2.24) is 15.5 Å². The minimum absolute atomic E-state index is 0.0107. The number of piperidine rings is 1. The Labute approximate surface area is 127 Å². The van der Waals surface area contributed by atoms with Gasteiger partial charge in [-0.1, -0.05) is 13.8 Å². The first kappa shape index (κ1) is 17.9. The molecule has 1 rings (SSSR count). The normalized spacial score (nSPS) is 18.0. The van der Waals surface area contributed by atoms with Crippen LogP contribution in [-0.4, -0.2) is 54.5 Å². The molecule has 0 aromatic carbocycles. The molecule has 1 saturated heterocycles. The van der Waals surface area contributed by atoms with E-state index in [2.05, 4.69) is 24.5 Å². The molecule has 122 valence electrons. The second kappa shape index (κ2) is 9.00. The van der Waals surface area contributed by atoms with Gasteiger partial charge in [-0.3, -0.25) is 14.5 Å². The quantitative estimate of drug-likeness (QED) is 0.598. The Kier molecular flexibility index (Phi) is 7.67. The fourth-order valence-electron chi connectivity index (χ4n) is 2.87. The van der Waals surface area contributed by atoms with Crippen LogP contribution in [0.15, 0.2) is 0 Å². The molecule has 21 heavy (non-hydrogen) atoms. The largest absolute Gasteiger partial charge is 0.369 e. The van der Waals surface area contributed by atoms with Crippen molar-refractivity contribution in [1.29, 1.82) is 0 Å². The zero-order valence-electron chi connectivity index (χ0n) is 13.5. The monoisotopic (exact) mass is 298 g/mol. The van der Waals surface area contributed by atoms with E-state index in [4.69, 9.17) is 5.73 Å². The molecule has 6 heteroatoms. The third-order valence-corrected chi connectivity index (χ3v) is 4.32. The fourth-order valence-corrected chi connectivity index (χ4v) is 2.87. The van der Waals surface area contributed by atoms with Crippen molar-refractivity contribution in [2.75, 3.05) is 19.6 Å². The van der Waals surface area contributed by atoms with E-state index in [-0.39, 0.29) is 36.5 Å². The van der Waals surface area contributed by atoms with Crippen LogP contribution in [0.3, 0.4) is 0 Å². The van der Waals surface area contributed by atoms with Crippen LogP contribution in [0, 0.1) is 0 Å². The molecule has 4 N–H and O–H groups in total. The second-order valence-corrected chi connectivity index (χ2v) is 5.82. The molecule has 0 spiro atoms. The summed E-state index contributed by atoms with van der Waals surface area (Å²) < 4.78 is 0. The Morgan fingerprint density at radius 2 is 1.86 bits per heavy atom. The summed E-state index contributed by atoms with van der Waals surface area (Å²) in [5, 5.41) is 6.36. The molecule has 0 aromatic heterocycles. The molecule has 2 amide bonds. The van der Waals surface area contributed by atoms with Crippen LogP contribution in [0.4, 0.5) is 0 Å². The minimum atomic E-state index is -0.379. The van der Waals surface area contributed by atoms with E-state index >= 15 is 0 Å². The van der Waals surface area contributed by atoms with Crippen molar-refractivity contribution in [3.8, 4) is 0 Å². The van der Waals surface area contributed by atoms with Gasteiger partial charge in [0.05, 0.1) is 12.6 Å². The van der Waals surface area contributed by atoms with Gasteiger partial charge in [-0.25, -0.2) is 0 Å². The number of amides is 2. The maximum absolute atomic E-state index is 12.4. The lowest BCUT2D eigenvalue weighted by molar-refractivity contribution is -0.129. The van der Waals surface area contributed by atoms with Crippen LogP contribution in [0.25, 0.3) is 0 Å². The number of nitrogens with two attached hydrogens (primary N) is 1. The number of rotatable bonds is 8. The van der Waals surface area contributed by atoms with Gasteiger partial charge in [-0.05, 0) is 45.7 Å². The molecule has 0 aliphatic carbocycles. The molecule has 6 nitrogen and oxygen atoms in total. The Morgan fingerprint density at radius 1 is 1.29 bits per heavy atom. The topological polar surface area (TPSA) is 87.5 Å². The number of hydrogen-bond acceptors (Lipinski definition) is 4. The summed E-state index contributed by atoms with van der Waals surface area (Å²) in [7, 11) is 0. The Morgan fingerprint density at radius 3 is 2.33 bits per heavy atom. The lowest BCUT2D eigenvalue weighted by atomic mass is 10.0. The molecule has 0 radical (unpaired) electrons. The number of primary amides is 1. The van der Waals surface area contributed by atoms with Crippen LogP contribution in [0.5, 0.6) is 0 Å². The molecule has 1 heterocycles. The van der Waals surface area contributed by atoms with Gasteiger partial charge >= 0.3 is 0 Å². The number of nitrogens with zero attached hydrogens (tertiary/aromatic N) is 1. The van der Waals surface area contributed by atoms with Crippen LogP contribution in [0.2, 0.25) is 0 Å². The van der Waals surface area contributed by atoms with Crippen LogP contribution < -0.4 is 16.4 Å². The van der Waals surface area contributed by atoms with Crippen molar-refractivity contribution >= 4 is 11.8 Å². The molecule has 1 atom stereocenters. The van der Waals surface area contributed by atoms with E-state index in [1.54, 1.807) is 0 Å². The Balaban J connectivity index is 2.71. The van der Waals surface area contributed by atoms with Gasteiger partial charge < -0.3 is 16.4 Å². The van der Waals surface area contributed by atoms with Crippen molar-refractivity contribution in [2.24, 2.45) is 5.73 Å². The molecule has 1 unspecified atom stereocenters. The third kappa shape index (κ3) is 5.63. The van der Waals surface area contributed by atoms with Gasteiger partial charge in [-0.15, -0.1) is 0 Å². The molecule has 1 aliphatic rings. The molecule has 1 aliphatic heterocycles. The van der Waals surface area contributed by atoms with Crippen molar-refractivity contribution in [3.63, 3.8) is 0 Å². The standard InChI is InChI=1S/C15H30N4O2/c1-4-12(5-2)18-15(21)11(3)19(10-14(16)20)13-6-8-17-9-7-13/h11-13,17H,4-10H2,1-3H3,(H2,16,20)(H,18,21). The van der Waals surface area contributed by atoms with E-state index in [1.165, 1.54) is 0 Å². The molecule has 0 aromatic rings. The summed E-state index contributed by atoms with van der Waals surface area (Å²) in [6.07, 6.45) is 3.71. The number of nitrogens with one attached hydrogen (secondary N) is 2. The molecule has 0 bridgehead atoms. The summed E-state index contributed by atoms with van der Waals surface area (Å²) in [4.78, 5) is 25.7.